The number of thiocarbonyl (C=S) groups is 1. The second kappa shape index (κ2) is 11.3. The monoisotopic (exact) mass is 513 g/mol. The molecule has 35 heavy (non-hydrogen) atoms. The van der Waals surface area contributed by atoms with Crippen LogP contribution in [0.2, 0.25) is 0 Å². The molecule has 2 amide bonds. The summed E-state index contributed by atoms with van der Waals surface area (Å²) < 4.78 is 3.09. The number of rotatable bonds is 8. The molecule has 9 nitrogen and oxygen atoms in total. The van der Waals surface area contributed by atoms with E-state index in [4.69, 9.17) is 24.4 Å². The second-order valence-corrected chi connectivity index (χ2v) is 8.38. The van der Waals surface area contributed by atoms with Gasteiger partial charge in [-0.15, -0.1) is 0 Å². The van der Waals surface area contributed by atoms with Crippen LogP contribution in [0, 0.1) is 4.77 Å². The lowest BCUT2D eigenvalue weighted by atomic mass is 10.1. The van der Waals surface area contributed by atoms with E-state index in [-0.39, 0.29) is 26.9 Å². The highest BCUT2D eigenvalue weighted by atomic mass is 32.1. The van der Waals surface area contributed by atoms with Gasteiger partial charge in [0.1, 0.15) is 11.1 Å². The summed E-state index contributed by atoms with van der Waals surface area (Å²) in [6.45, 7) is 6.65. The van der Waals surface area contributed by atoms with Gasteiger partial charge < -0.3 is 5.11 Å². The van der Waals surface area contributed by atoms with Crippen molar-refractivity contribution in [2.24, 2.45) is 0 Å². The van der Waals surface area contributed by atoms with Crippen molar-refractivity contribution in [3.63, 3.8) is 0 Å². The molecule has 1 aliphatic rings. The molecule has 1 N–H and O–H groups in total. The molecule has 0 aromatic carbocycles. The Balaban J connectivity index is 2.00. The Kier molecular flexibility index (Phi) is 8.47. The van der Waals surface area contributed by atoms with Crippen LogP contribution in [0.5, 0.6) is 5.88 Å². The Morgan fingerprint density at radius 3 is 2.20 bits per heavy atom. The molecule has 0 bridgehead atoms. The first-order valence-electron chi connectivity index (χ1n) is 11.3. The number of aryl methyl sites for hydroxylation is 1. The summed E-state index contributed by atoms with van der Waals surface area (Å²) >= 11 is 10.7. The minimum Gasteiger partial charge on any atom is -0.494 e. The van der Waals surface area contributed by atoms with E-state index in [0.717, 1.165) is 5.56 Å². The SMILES string of the molecule is CCN1C(=O)C(=C/C=C/c2c(O)n(CC)c(=S)n(CCc3cccnc3)c2=O)C(=O)N(CC)C1=S. The van der Waals surface area contributed by atoms with Gasteiger partial charge in [0.25, 0.3) is 17.4 Å². The van der Waals surface area contributed by atoms with E-state index in [1.807, 2.05) is 19.1 Å². The molecule has 0 saturated carbocycles. The van der Waals surface area contributed by atoms with Crippen LogP contribution in [-0.4, -0.2) is 59.0 Å². The van der Waals surface area contributed by atoms with Crippen molar-refractivity contribution in [3.05, 3.63) is 68.5 Å². The van der Waals surface area contributed by atoms with Crippen LogP contribution in [0.1, 0.15) is 31.9 Å². The van der Waals surface area contributed by atoms with Crippen molar-refractivity contribution in [2.45, 2.75) is 40.3 Å². The molecule has 3 heterocycles. The minimum absolute atomic E-state index is 0.00871. The standard InChI is InChI=1S/C24H27N5O4S2/c1-4-26-19(30)17(20(31)27(5-2)23(26)34)10-7-11-18-21(32)28(6-3)24(35)29(22(18)33)14-12-16-9-8-13-25-15-16/h7-11,13,15,32H,4-6,12,14H2,1-3H3/b11-7+. The number of aromatic hydroxyl groups is 1. The number of pyridine rings is 1. The maximum absolute atomic E-state index is 13.2. The highest BCUT2D eigenvalue weighted by molar-refractivity contribution is 7.80. The highest BCUT2D eigenvalue weighted by Gasteiger charge is 2.37. The summed E-state index contributed by atoms with van der Waals surface area (Å²) in [5, 5.41) is 10.9. The maximum atomic E-state index is 13.2. The van der Waals surface area contributed by atoms with E-state index in [9.17, 15) is 19.5 Å². The van der Waals surface area contributed by atoms with Crippen LogP contribution in [0.25, 0.3) is 6.08 Å². The van der Waals surface area contributed by atoms with Gasteiger partial charge in [-0.25, -0.2) is 0 Å². The molecule has 0 unspecified atom stereocenters. The van der Waals surface area contributed by atoms with E-state index >= 15 is 0 Å². The number of carbonyl (C=O) groups excluding carboxylic acids is 2. The summed E-state index contributed by atoms with van der Waals surface area (Å²) in [5.74, 6) is -1.28. The zero-order valence-electron chi connectivity index (χ0n) is 19.8. The van der Waals surface area contributed by atoms with E-state index in [0.29, 0.717) is 32.6 Å². The van der Waals surface area contributed by atoms with Crippen molar-refractivity contribution < 1.29 is 14.7 Å². The van der Waals surface area contributed by atoms with Crippen LogP contribution in [0.15, 0.2) is 47.0 Å². The number of likely N-dealkylation sites (N-methyl/N-ethyl adjacent to an activating group) is 2. The third-order valence-electron chi connectivity index (χ3n) is 5.67. The molecule has 2 aromatic rings. The zero-order chi connectivity index (χ0) is 25.7. The van der Waals surface area contributed by atoms with Gasteiger partial charge in [0.2, 0.25) is 5.88 Å². The van der Waals surface area contributed by atoms with Crippen LogP contribution < -0.4 is 5.56 Å². The van der Waals surface area contributed by atoms with Crippen molar-refractivity contribution in [3.8, 4) is 5.88 Å². The number of allylic oxidation sites excluding steroid dienone is 2. The number of hydrogen-bond acceptors (Lipinski definition) is 7. The molecule has 184 valence electrons. The van der Waals surface area contributed by atoms with Crippen molar-refractivity contribution in [2.75, 3.05) is 13.1 Å². The first-order chi connectivity index (χ1) is 16.8. The molecule has 2 aromatic heterocycles. The predicted molar refractivity (Wildman–Crippen MR) is 139 cm³/mol. The molecule has 1 aliphatic heterocycles. The molecular formula is C24H27N5O4S2. The van der Waals surface area contributed by atoms with E-state index < -0.39 is 17.4 Å². The quantitative estimate of drug-likeness (QED) is 0.329. The smallest absolute Gasteiger partial charge is 0.265 e. The minimum atomic E-state index is -0.500. The largest absolute Gasteiger partial charge is 0.494 e. The van der Waals surface area contributed by atoms with Crippen LogP contribution in [0.3, 0.4) is 0 Å². The van der Waals surface area contributed by atoms with Gasteiger partial charge in [-0.1, -0.05) is 12.1 Å². The maximum Gasteiger partial charge on any atom is 0.265 e. The molecule has 0 aliphatic carbocycles. The summed E-state index contributed by atoms with van der Waals surface area (Å²) in [7, 11) is 0. The zero-order valence-corrected chi connectivity index (χ0v) is 21.4. The van der Waals surface area contributed by atoms with Crippen LogP contribution in [-0.2, 0) is 29.1 Å². The molecule has 11 heteroatoms. The average Bonchev–Trinajstić information content (AvgIpc) is 2.84. The number of carbonyl (C=O) groups is 2. The molecule has 1 fully saturated rings. The van der Waals surface area contributed by atoms with Crippen molar-refractivity contribution in [1.29, 1.82) is 0 Å². The fraction of sp³-hybridized carbons (Fsp3) is 0.333. The van der Waals surface area contributed by atoms with Crippen molar-refractivity contribution in [1.82, 2.24) is 23.9 Å². The van der Waals surface area contributed by atoms with E-state index in [1.54, 1.807) is 26.2 Å². The Bertz CT molecular complexity index is 1300. The molecule has 3 rings (SSSR count). The number of aromatic nitrogens is 3. The highest BCUT2D eigenvalue weighted by Crippen LogP contribution is 2.19. The second-order valence-electron chi connectivity index (χ2n) is 7.65. The molecule has 0 spiro atoms. The van der Waals surface area contributed by atoms with Gasteiger partial charge in [0.05, 0.1) is 0 Å². The lowest BCUT2D eigenvalue weighted by Gasteiger charge is -2.35. The average molecular weight is 514 g/mol. The molecule has 0 radical (unpaired) electrons. The Morgan fingerprint density at radius 2 is 1.66 bits per heavy atom. The van der Waals surface area contributed by atoms with Gasteiger partial charge in [-0.2, -0.15) is 0 Å². The molecular weight excluding hydrogens is 486 g/mol. The van der Waals surface area contributed by atoms with E-state index in [2.05, 4.69) is 4.98 Å². The Hall–Kier alpha value is -3.44. The van der Waals surface area contributed by atoms with E-state index in [1.165, 1.54) is 37.2 Å². The Morgan fingerprint density at radius 1 is 1.00 bits per heavy atom. The summed E-state index contributed by atoms with van der Waals surface area (Å²) in [5.41, 5.74) is 0.413. The predicted octanol–water partition coefficient (Wildman–Crippen LogP) is 2.68. The van der Waals surface area contributed by atoms with Gasteiger partial charge in [-0.05, 0) is 75.4 Å². The van der Waals surface area contributed by atoms with Gasteiger partial charge in [0.15, 0.2) is 9.88 Å². The van der Waals surface area contributed by atoms with Gasteiger partial charge in [0, 0.05) is 38.6 Å². The van der Waals surface area contributed by atoms with Crippen LogP contribution >= 0.6 is 24.4 Å². The topological polar surface area (TPSA) is 101 Å². The first-order valence-corrected chi connectivity index (χ1v) is 12.1. The van der Waals surface area contributed by atoms with Gasteiger partial charge >= 0.3 is 0 Å². The van der Waals surface area contributed by atoms with Crippen molar-refractivity contribution >= 4 is 47.4 Å². The summed E-state index contributed by atoms with van der Waals surface area (Å²) in [6, 6.07) is 3.72. The first kappa shape index (κ1) is 26.2. The number of hydrogen-bond donors (Lipinski definition) is 1. The fourth-order valence-corrected chi connectivity index (χ4v) is 4.58. The Labute approximate surface area is 213 Å². The fourth-order valence-electron chi connectivity index (χ4n) is 3.77. The normalized spacial score (nSPS) is 14.4. The summed E-state index contributed by atoms with van der Waals surface area (Å²) in [6.07, 6.45) is 8.05. The molecule has 0 atom stereocenters. The summed E-state index contributed by atoms with van der Waals surface area (Å²) in [4.78, 5) is 45.6. The number of amides is 2. The third kappa shape index (κ3) is 5.15. The third-order valence-corrected chi connectivity index (χ3v) is 6.55. The molecule has 1 saturated heterocycles. The lowest BCUT2D eigenvalue weighted by Crippen LogP contribution is -2.55. The van der Waals surface area contributed by atoms with Gasteiger partial charge in [-0.3, -0.25) is 38.3 Å². The number of nitrogens with zero attached hydrogens (tertiary/aromatic N) is 5. The lowest BCUT2D eigenvalue weighted by molar-refractivity contribution is -0.133. The van der Waals surface area contributed by atoms with Crippen LogP contribution in [0.4, 0.5) is 0 Å².